The maximum absolute atomic E-state index is 14.2. The second-order valence-corrected chi connectivity index (χ2v) is 18.7. The van der Waals surface area contributed by atoms with Crippen molar-refractivity contribution < 1.29 is 5.11 Å². The fourth-order valence-electron chi connectivity index (χ4n) is 11.9. The fraction of sp³-hybridized carbons (Fsp3) is 0. The molecular weight excluding hydrogens is 857 g/mol. The number of hydrogen-bond donors (Lipinski definition) is 1. The summed E-state index contributed by atoms with van der Waals surface area (Å²) >= 11 is 0. The molecule has 14 aromatic rings. The molecule has 0 amide bonds. The molecule has 0 aliphatic carbocycles. The number of benzene rings is 14. The highest BCUT2D eigenvalue weighted by molar-refractivity contribution is 6.29. The van der Waals surface area contributed by atoms with Gasteiger partial charge in [-0.15, -0.1) is 0 Å². The number of aromatic hydroxyl groups is 1. The SMILES string of the molecule is Oc1c(-c2cccc3ccccc23)c(-c2cccc3ccccc23)c(-c2cccc3ccccc23)c2c(-c3cccc4ccccc34)c(-c3cccc4ccccc34)c(-c3cccc4ccccc34)cc12. The van der Waals surface area contributed by atoms with Gasteiger partial charge in [0.25, 0.3) is 0 Å². The number of phenolic OH excluding ortho intramolecular Hbond substituents is 1. The van der Waals surface area contributed by atoms with E-state index < -0.39 is 0 Å². The molecular formula is C70H44O. The van der Waals surface area contributed by atoms with Crippen LogP contribution in [0.1, 0.15) is 0 Å². The van der Waals surface area contributed by atoms with E-state index in [1.165, 1.54) is 0 Å². The highest BCUT2D eigenvalue weighted by Gasteiger charge is 2.31. The van der Waals surface area contributed by atoms with Gasteiger partial charge in [-0.25, -0.2) is 0 Å². The third-order valence-electron chi connectivity index (χ3n) is 14.9. The minimum Gasteiger partial charge on any atom is -0.507 e. The van der Waals surface area contributed by atoms with Crippen LogP contribution in [0, 0.1) is 0 Å². The van der Waals surface area contributed by atoms with Crippen LogP contribution in [-0.4, -0.2) is 5.11 Å². The lowest BCUT2D eigenvalue weighted by Gasteiger charge is -2.28. The van der Waals surface area contributed by atoms with Crippen molar-refractivity contribution in [3.05, 3.63) is 261 Å². The highest BCUT2D eigenvalue weighted by atomic mass is 16.3. The molecule has 0 radical (unpaired) electrons. The van der Waals surface area contributed by atoms with Crippen molar-refractivity contribution in [2.75, 3.05) is 0 Å². The van der Waals surface area contributed by atoms with Crippen molar-refractivity contribution in [3.63, 3.8) is 0 Å². The van der Waals surface area contributed by atoms with Gasteiger partial charge in [0.05, 0.1) is 0 Å². The van der Waals surface area contributed by atoms with Crippen LogP contribution in [0.2, 0.25) is 0 Å². The topological polar surface area (TPSA) is 20.2 Å². The van der Waals surface area contributed by atoms with Crippen LogP contribution in [0.25, 0.3) is 142 Å². The van der Waals surface area contributed by atoms with Crippen molar-refractivity contribution >= 4 is 75.4 Å². The standard InChI is InChI=1S/C70H44O/c71-70-63-43-62(56-37-13-25-44-19-1-7-31-50(44)56)64(57-38-14-26-45-20-2-8-32-51(45)57)65(58-39-15-27-46-21-3-9-33-52(46)58)68(63)66(59-40-16-28-47-22-4-10-34-53(47)59)67(60-41-17-29-48-23-5-11-35-54(48)60)69(70)61-42-18-30-49-24-6-12-36-55(49)61/h1-43,71H. The first-order chi connectivity index (χ1) is 35.2. The smallest absolute Gasteiger partial charge is 0.131 e. The number of hydrogen-bond acceptors (Lipinski definition) is 1. The van der Waals surface area contributed by atoms with Crippen LogP contribution in [-0.2, 0) is 0 Å². The van der Waals surface area contributed by atoms with E-state index in [1.54, 1.807) is 0 Å². The second kappa shape index (κ2) is 16.4. The minimum absolute atomic E-state index is 0.246. The predicted octanol–water partition coefficient (Wildman–Crippen LogP) is 19.5. The van der Waals surface area contributed by atoms with Gasteiger partial charge in [-0.05, 0) is 126 Å². The van der Waals surface area contributed by atoms with E-state index in [9.17, 15) is 5.11 Å². The molecule has 0 saturated carbocycles. The van der Waals surface area contributed by atoms with Crippen molar-refractivity contribution in [1.82, 2.24) is 0 Å². The highest BCUT2D eigenvalue weighted by Crippen LogP contribution is 2.59. The Kier molecular flexibility index (Phi) is 9.44. The Hall–Kier alpha value is -9.30. The predicted molar refractivity (Wildman–Crippen MR) is 303 cm³/mol. The first kappa shape index (κ1) is 40.7. The Labute approximate surface area is 411 Å². The van der Waals surface area contributed by atoms with E-state index in [0.717, 1.165) is 142 Å². The first-order valence-electron chi connectivity index (χ1n) is 24.5. The molecule has 0 aliphatic rings. The van der Waals surface area contributed by atoms with Gasteiger partial charge in [-0.2, -0.15) is 0 Å². The molecule has 330 valence electrons. The molecule has 0 spiro atoms. The molecule has 1 heteroatoms. The molecule has 0 atom stereocenters. The maximum atomic E-state index is 14.2. The molecule has 0 unspecified atom stereocenters. The number of rotatable bonds is 6. The Balaban J connectivity index is 1.34. The summed E-state index contributed by atoms with van der Waals surface area (Å²) < 4.78 is 0. The van der Waals surface area contributed by atoms with E-state index >= 15 is 0 Å². The summed E-state index contributed by atoms with van der Waals surface area (Å²) in [5.74, 6) is 0.246. The third-order valence-corrected chi connectivity index (χ3v) is 14.9. The lowest BCUT2D eigenvalue weighted by atomic mass is 9.74. The Bertz CT molecular complexity index is 4360. The van der Waals surface area contributed by atoms with Crippen LogP contribution >= 0.6 is 0 Å². The summed E-state index contributed by atoms with van der Waals surface area (Å²) in [5.41, 5.74) is 12.6. The molecule has 0 aliphatic heterocycles. The van der Waals surface area contributed by atoms with Crippen molar-refractivity contribution in [1.29, 1.82) is 0 Å². The van der Waals surface area contributed by atoms with Gasteiger partial charge in [0.15, 0.2) is 0 Å². The van der Waals surface area contributed by atoms with Gasteiger partial charge >= 0.3 is 0 Å². The molecule has 14 rings (SSSR count). The van der Waals surface area contributed by atoms with Crippen molar-refractivity contribution in [2.24, 2.45) is 0 Å². The van der Waals surface area contributed by atoms with Gasteiger partial charge in [0, 0.05) is 21.9 Å². The van der Waals surface area contributed by atoms with Gasteiger partial charge in [0.1, 0.15) is 5.75 Å². The molecule has 0 fully saturated rings. The van der Waals surface area contributed by atoms with Crippen LogP contribution in [0.15, 0.2) is 261 Å². The Morgan fingerprint density at radius 2 is 0.437 bits per heavy atom. The summed E-state index contributed by atoms with van der Waals surface area (Å²) in [4.78, 5) is 0. The molecule has 14 aromatic carbocycles. The minimum atomic E-state index is 0.246. The van der Waals surface area contributed by atoms with Gasteiger partial charge < -0.3 is 5.11 Å². The van der Waals surface area contributed by atoms with Crippen LogP contribution in [0.4, 0.5) is 0 Å². The summed E-state index contributed by atoms with van der Waals surface area (Å²) in [7, 11) is 0. The monoisotopic (exact) mass is 900 g/mol. The first-order valence-corrected chi connectivity index (χ1v) is 24.5. The van der Waals surface area contributed by atoms with E-state index in [1.807, 2.05) is 0 Å². The lowest BCUT2D eigenvalue weighted by Crippen LogP contribution is -2.01. The maximum Gasteiger partial charge on any atom is 0.131 e. The summed E-state index contributed by atoms with van der Waals surface area (Å²) in [6.07, 6.45) is 0. The zero-order valence-electron chi connectivity index (χ0n) is 38.8. The molecule has 1 nitrogen and oxygen atoms in total. The molecule has 0 saturated heterocycles. The summed E-state index contributed by atoms with van der Waals surface area (Å²) in [6, 6.07) is 94.6. The summed E-state index contributed by atoms with van der Waals surface area (Å²) in [6.45, 7) is 0. The lowest BCUT2D eigenvalue weighted by molar-refractivity contribution is 0.484. The number of phenols is 1. The normalized spacial score (nSPS) is 11.7. The van der Waals surface area contributed by atoms with E-state index in [-0.39, 0.29) is 5.75 Å². The summed E-state index contributed by atoms with van der Waals surface area (Å²) in [5, 5.41) is 29.6. The fourth-order valence-corrected chi connectivity index (χ4v) is 11.9. The van der Waals surface area contributed by atoms with Crippen LogP contribution in [0.5, 0.6) is 5.75 Å². The molecule has 0 heterocycles. The molecule has 1 N–H and O–H groups in total. The number of fused-ring (bicyclic) bond motifs is 7. The Morgan fingerprint density at radius 1 is 0.183 bits per heavy atom. The molecule has 0 aromatic heterocycles. The average Bonchev–Trinajstić information content (AvgIpc) is 3.44. The van der Waals surface area contributed by atoms with Crippen molar-refractivity contribution in [2.45, 2.75) is 0 Å². The van der Waals surface area contributed by atoms with Gasteiger partial charge in [0.2, 0.25) is 0 Å². The van der Waals surface area contributed by atoms with Gasteiger partial charge in [-0.3, -0.25) is 0 Å². The second-order valence-electron chi connectivity index (χ2n) is 18.7. The molecule has 0 bridgehead atoms. The quantitative estimate of drug-likeness (QED) is 0.176. The zero-order chi connectivity index (χ0) is 47.0. The largest absolute Gasteiger partial charge is 0.507 e. The zero-order valence-corrected chi connectivity index (χ0v) is 38.8. The Morgan fingerprint density at radius 3 is 0.803 bits per heavy atom. The van der Waals surface area contributed by atoms with E-state index in [0.29, 0.717) is 0 Å². The third kappa shape index (κ3) is 6.41. The average molecular weight is 901 g/mol. The van der Waals surface area contributed by atoms with E-state index in [4.69, 9.17) is 0 Å². The van der Waals surface area contributed by atoms with E-state index in [2.05, 4.69) is 261 Å². The molecule has 71 heavy (non-hydrogen) atoms. The van der Waals surface area contributed by atoms with Gasteiger partial charge in [-0.1, -0.05) is 255 Å². The van der Waals surface area contributed by atoms with Crippen LogP contribution in [0.3, 0.4) is 0 Å². The van der Waals surface area contributed by atoms with Crippen molar-refractivity contribution in [3.8, 4) is 72.5 Å². The van der Waals surface area contributed by atoms with Crippen LogP contribution < -0.4 is 0 Å².